The van der Waals surface area contributed by atoms with Crippen LogP contribution in [0.2, 0.25) is 0 Å². The number of likely N-dealkylation sites (tertiary alicyclic amines) is 1. The van der Waals surface area contributed by atoms with Crippen molar-refractivity contribution in [3.05, 3.63) is 47.9 Å². The number of nitrogens with one attached hydrogen (secondary N) is 2. The summed E-state index contributed by atoms with van der Waals surface area (Å²) in [5.41, 5.74) is 2.59. The Morgan fingerprint density at radius 3 is 2.88 bits per heavy atom. The molecule has 4 aromatic heterocycles. The van der Waals surface area contributed by atoms with Gasteiger partial charge >= 0.3 is 0 Å². The van der Waals surface area contributed by atoms with Crippen LogP contribution in [0.5, 0.6) is 0 Å². The van der Waals surface area contributed by atoms with E-state index in [4.69, 9.17) is 5.26 Å². The largest absolute Gasteiger partial charge is 0.344 e. The second kappa shape index (κ2) is 7.67. The average Bonchev–Trinajstić information content (AvgIpc) is 3.33. The maximum absolute atomic E-state index is 13.6. The smallest absolute Gasteiger partial charge is 0.255 e. The molecule has 0 bridgehead atoms. The van der Waals surface area contributed by atoms with Crippen LogP contribution >= 0.6 is 0 Å². The number of aromatic nitrogens is 5. The molecule has 0 spiro atoms. The number of amides is 2. The fourth-order valence-corrected chi connectivity index (χ4v) is 3.93. The van der Waals surface area contributed by atoms with Crippen LogP contribution in [0, 0.1) is 30.0 Å². The highest BCUT2D eigenvalue weighted by Crippen LogP contribution is 2.26. The van der Waals surface area contributed by atoms with Gasteiger partial charge in [-0.25, -0.2) is 19.3 Å². The molecule has 1 aliphatic heterocycles. The Balaban J connectivity index is 1.43. The fraction of sp³-hybridized carbons (Fsp3) is 0.273. The topological polar surface area (TPSA) is 132 Å². The van der Waals surface area contributed by atoms with E-state index in [1.165, 1.54) is 24.7 Å². The molecule has 1 atom stereocenters. The van der Waals surface area contributed by atoms with Gasteiger partial charge < -0.3 is 19.6 Å². The number of halogens is 1. The maximum Gasteiger partial charge on any atom is 0.255 e. The normalized spacial score (nSPS) is 14.8. The number of pyridine rings is 1. The van der Waals surface area contributed by atoms with Crippen molar-refractivity contribution < 1.29 is 14.0 Å². The van der Waals surface area contributed by atoms with Gasteiger partial charge in [0.2, 0.25) is 5.91 Å². The SMILES string of the molecule is Cc1nc(-c2cnc3[nH]cc(C(=O)N[C@H](C)C(=O)N4CC(C#N)C4)c3n2)c2ccc(F)cn12. The van der Waals surface area contributed by atoms with E-state index >= 15 is 0 Å². The van der Waals surface area contributed by atoms with Gasteiger partial charge in [-0.3, -0.25) is 9.59 Å². The summed E-state index contributed by atoms with van der Waals surface area (Å²) in [6, 6.07) is 4.32. The highest BCUT2D eigenvalue weighted by molar-refractivity contribution is 6.06. The molecule has 2 amide bonds. The fourth-order valence-electron chi connectivity index (χ4n) is 3.93. The number of hydrogen-bond donors (Lipinski definition) is 2. The minimum absolute atomic E-state index is 0.154. The third-order valence-corrected chi connectivity index (χ3v) is 5.74. The number of hydrogen-bond acceptors (Lipinski definition) is 6. The molecular weight excluding hydrogens is 427 g/mol. The number of imidazole rings is 1. The number of aryl methyl sites for hydroxylation is 1. The third-order valence-electron chi connectivity index (χ3n) is 5.74. The van der Waals surface area contributed by atoms with E-state index in [1.54, 1.807) is 29.2 Å². The minimum Gasteiger partial charge on any atom is -0.344 e. The van der Waals surface area contributed by atoms with Gasteiger partial charge in [0.1, 0.15) is 34.6 Å². The van der Waals surface area contributed by atoms with Crippen molar-refractivity contribution in [2.45, 2.75) is 19.9 Å². The van der Waals surface area contributed by atoms with Crippen molar-refractivity contribution in [3.8, 4) is 17.5 Å². The van der Waals surface area contributed by atoms with Crippen LogP contribution in [0.3, 0.4) is 0 Å². The lowest BCUT2D eigenvalue weighted by molar-refractivity contribution is -0.137. The molecule has 1 aliphatic rings. The molecule has 11 heteroatoms. The summed E-state index contributed by atoms with van der Waals surface area (Å²) >= 11 is 0. The molecule has 33 heavy (non-hydrogen) atoms. The van der Waals surface area contributed by atoms with Crippen LogP contribution < -0.4 is 5.32 Å². The maximum atomic E-state index is 13.6. The van der Waals surface area contributed by atoms with Crippen LogP contribution in [-0.4, -0.2) is 60.2 Å². The number of aromatic amines is 1. The minimum atomic E-state index is -0.757. The van der Waals surface area contributed by atoms with E-state index in [2.05, 4.69) is 31.3 Å². The van der Waals surface area contributed by atoms with Crippen molar-refractivity contribution >= 4 is 28.5 Å². The van der Waals surface area contributed by atoms with Gasteiger partial charge in [-0.2, -0.15) is 5.26 Å². The molecule has 166 valence electrons. The van der Waals surface area contributed by atoms with Crippen LogP contribution in [-0.2, 0) is 4.79 Å². The number of H-pyrrole nitrogens is 1. The van der Waals surface area contributed by atoms with E-state index in [0.29, 0.717) is 47.0 Å². The van der Waals surface area contributed by atoms with Crippen molar-refractivity contribution in [1.29, 1.82) is 5.26 Å². The Morgan fingerprint density at radius 1 is 1.33 bits per heavy atom. The molecule has 5 heterocycles. The summed E-state index contributed by atoms with van der Waals surface area (Å²) in [5, 5.41) is 11.6. The highest BCUT2D eigenvalue weighted by atomic mass is 19.1. The Labute approximate surface area is 187 Å². The van der Waals surface area contributed by atoms with Gasteiger partial charge in [0.25, 0.3) is 5.91 Å². The van der Waals surface area contributed by atoms with E-state index in [9.17, 15) is 14.0 Å². The molecular formula is C22H19FN8O2. The number of nitrogens with zero attached hydrogens (tertiary/aromatic N) is 6. The molecule has 5 rings (SSSR count). The number of nitriles is 1. The molecule has 0 aromatic carbocycles. The van der Waals surface area contributed by atoms with Crippen molar-refractivity contribution in [2.24, 2.45) is 5.92 Å². The van der Waals surface area contributed by atoms with Crippen molar-refractivity contribution in [1.82, 2.24) is 34.6 Å². The second-order valence-electron chi connectivity index (χ2n) is 8.03. The van der Waals surface area contributed by atoms with Gasteiger partial charge in [-0.15, -0.1) is 0 Å². The van der Waals surface area contributed by atoms with E-state index in [0.717, 1.165) is 0 Å². The third kappa shape index (κ3) is 3.45. The average molecular weight is 446 g/mol. The quantitative estimate of drug-likeness (QED) is 0.491. The molecule has 0 aliphatic carbocycles. The first-order valence-corrected chi connectivity index (χ1v) is 10.3. The molecule has 2 N–H and O–H groups in total. The number of rotatable bonds is 4. The van der Waals surface area contributed by atoms with E-state index in [-0.39, 0.29) is 23.2 Å². The Morgan fingerprint density at radius 2 is 2.12 bits per heavy atom. The highest BCUT2D eigenvalue weighted by Gasteiger charge is 2.33. The summed E-state index contributed by atoms with van der Waals surface area (Å²) in [6.45, 7) is 4.11. The molecule has 0 unspecified atom stereocenters. The number of carbonyl (C=O) groups is 2. The van der Waals surface area contributed by atoms with Gasteiger partial charge in [0, 0.05) is 25.5 Å². The first kappa shape index (κ1) is 20.6. The summed E-state index contributed by atoms with van der Waals surface area (Å²) in [6.07, 6.45) is 4.37. The molecule has 1 saturated heterocycles. The predicted molar refractivity (Wildman–Crippen MR) is 115 cm³/mol. The van der Waals surface area contributed by atoms with Crippen LogP contribution in [0.4, 0.5) is 4.39 Å². The van der Waals surface area contributed by atoms with Crippen molar-refractivity contribution in [2.75, 3.05) is 13.1 Å². The second-order valence-corrected chi connectivity index (χ2v) is 8.03. The Hall–Kier alpha value is -4.33. The van der Waals surface area contributed by atoms with Gasteiger partial charge in [-0.1, -0.05) is 0 Å². The zero-order chi connectivity index (χ0) is 23.3. The van der Waals surface area contributed by atoms with E-state index in [1.807, 2.05) is 0 Å². The number of carbonyl (C=O) groups excluding carboxylic acids is 2. The zero-order valence-electron chi connectivity index (χ0n) is 17.8. The lowest BCUT2D eigenvalue weighted by Gasteiger charge is -2.37. The van der Waals surface area contributed by atoms with Gasteiger partial charge in [-0.05, 0) is 26.0 Å². The van der Waals surface area contributed by atoms with Gasteiger partial charge in [0.15, 0.2) is 5.65 Å². The summed E-state index contributed by atoms with van der Waals surface area (Å²) in [7, 11) is 0. The summed E-state index contributed by atoms with van der Waals surface area (Å²) < 4.78 is 15.3. The Kier molecular flexibility index (Phi) is 4.78. The number of fused-ring (bicyclic) bond motifs is 2. The molecule has 1 fully saturated rings. The van der Waals surface area contributed by atoms with E-state index < -0.39 is 11.9 Å². The lowest BCUT2D eigenvalue weighted by atomic mass is 10.0. The molecule has 0 radical (unpaired) electrons. The zero-order valence-corrected chi connectivity index (χ0v) is 17.8. The Bertz CT molecular complexity index is 1460. The molecule has 10 nitrogen and oxygen atoms in total. The van der Waals surface area contributed by atoms with Gasteiger partial charge in [0.05, 0.1) is 29.3 Å². The molecule has 0 saturated carbocycles. The first-order valence-electron chi connectivity index (χ1n) is 10.3. The first-order chi connectivity index (χ1) is 15.9. The monoisotopic (exact) mass is 446 g/mol. The van der Waals surface area contributed by atoms with Crippen LogP contribution in [0.25, 0.3) is 28.1 Å². The van der Waals surface area contributed by atoms with Crippen molar-refractivity contribution in [3.63, 3.8) is 0 Å². The summed E-state index contributed by atoms with van der Waals surface area (Å²) in [4.78, 5) is 43.3. The van der Waals surface area contributed by atoms with Crippen LogP contribution in [0.15, 0.2) is 30.7 Å². The molecule has 4 aromatic rings. The standard InChI is InChI=1S/C22H19FN8O2/c1-11(22(33)30-8-13(5-24)9-30)27-21(32)15-6-25-20-18(15)29-16(7-26-20)19-17-4-3-14(23)10-31(17)12(2)28-19/h3-4,6-7,10-11,13H,8-9H2,1-2H3,(H,25,26)(H,27,32)/t11-/m1/s1. The van der Waals surface area contributed by atoms with Crippen LogP contribution in [0.1, 0.15) is 23.1 Å². The lowest BCUT2D eigenvalue weighted by Crippen LogP contribution is -2.55. The summed E-state index contributed by atoms with van der Waals surface area (Å²) in [5.74, 6) is -0.665. The predicted octanol–water partition coefficient (Wildman–Crippen LogP) is 1.82.